The zero-order chi connectivity index (χ0) is 16.3. The third kappa shape index (κ3) is 3.79. The Hall–Kier alpha value is -1.57. The first-order valence-corrected chi connectivity index (χ1v) is 7.92. The van der Waals surface area contributed by atoms with E-state index in [4.69, 9.17) is 33.7 Å². The fourth-order valence-corrected chi connectivity index (χ4v) is 3.42. The van der Waals surface area contributed by atoms with E-state index < -0.39 is 12.6 Å². The first-order valence-electron chi connectivity index (χ1n) is 6.32. The number of carboxylic acid groups (broad SMARTS) is 1. The van der Waals surface area contributed by atoms with Gasteiger partial charge in [0, 0.05) is 6.54 Å². The van der Waals surface area contributed by atoms with Crippen LogP contribution in [0.1, 0.15) is 12.5 Å². The van der Waals surface area contributed by atoms with E-state index in [9.17, 15) is 9.59 Å². The Morgan fingerprint density at radius 2 is 2.27 bits per heavy atom. The summed E-state index contributed by atoms with van der Waals surface area (Å²) in [4.78, 5) is 24.6. The van der Waals surface area contributed by atoms with Crippen LogP contribution in [0.4, 0.5) is 0 Å². The van der Waals surface area contributed by atoms with Crippen molar-refractivity contribution in [3.8, 4) is 5.75 Å². The Balaban J connectivity index is 2.19. The minimum atomic E-state index is -1.08. The summed E-state index contributed by atoms with van der Waals surface area (Å²) in [5.41, 5.74) is 0.712. The fourth-order valence-electron chi connectivity index (χ4n) is 1.79. The number of carbonyl (C=O) groups excluding carboxylic acids is 1. The van der Waals surface area contributed by atoms with Gasteiger partial charge in [0.1, 0.15) is 10.1 Å². The molecule has 8 heteroatoms. The minimum Gasteiger partial charge on any atom is -0.480 e. The molecule has 22 heavy (non-hydrogen) atoms. The van der Waals surface area contributed by atoms with Gasteiger partial charge in [-0.05, 0) is 30.7 Å². The molecule has 1 aromatic carbocycles. The average molecular weight is 358 g/mol. The number of halogens is 1. The van der Waals surface area contributed by atoms with Crippen LogP contribution in [-0.2, 0) is 9.59 Å². The minimum absolute atomic E-state index is 0.125. The van der Waals surface area contributed by atoms with E-state index in [2.05, 4.69) is 0 Å². The molecule has 1 aliphatic heterocycles. The molecule has 0 atom stereocenters. The molecule has 2 rings (SSSR count). The number of hydrogen-bond donors (Lipinski definition) is 1. The summed E-state index contributed by atoms with van der Waals surface area (Å²) in [6.07, 6.45) is 1.70. The molecule has 1 aliphatic rings. The van der Waals surface area contributed by atoms with Crippen molar-refractivity contribution in [2.24, 2.45) is 0 Å². The molecule has 1 saturated heterocycles. The number of carboxylic acids is 1. The number of amides is 1. The molecule has 0 unspecified atom stereocenters. The number of benzene rings is 1. The van der Waals surface area contributed by atoms with Crippen molar-refractivity contribution in [1.29, 1.82) is 0 Å². The molecule has 0 saturated carbocycles. The first kappa shape index (κ1) is 16.8. The summed E-state index contributed by atoms with van der Waals surface area (Å²) in [5.74, 6) is -0.925. The molecule has 0 spiro atoms. The van der Waals surface area contributed by atoms with E-state index in [1.54, 1.807) is 24.3 Å². The molecule has 5 nitrogen and oxygen atoms in total. The normalized spacial score (nSPS) is 16.5. The van der Waals surface area contributed by atoms with Crippen molar-refractivity contribution in [3.63, 3.8) is 0 Å². The fraction of sp³-hybridized carbons (Fsp3) is 0.214. The van der Waals surface area contributed by atoms with Gasteiger partial charge < -0.3 is 9.84 Å². The molecular formula is C14H12ClNO4S2. The van der Waals surface area contributed by atoms with Gasteiger partial charge in [-0.1, -0.05) is 41.6 Å². The van der Waals surface area contributed by atoms with Gasteiger partial charge in [-0.15, -0.1) is 0 Å². The Labute approximate surface area is 141 Å². The zero-order valence-corrected chi connectivity index (χ0v) is 13.9. The molecular weight excluding hydrogens is 346 g/mol. The number of hydrogen-bond acceptors (Lipinski definition) is 5. The molecule has 0 aromatic heterocycles. The van der Waals surface area contributed by atoms with Crippen molar-refractivity contribution >= 4 is 57.9 Å². The second kappa shape index (κ2) is 7.13. The van der Waals surface area contributed by atoms with Gasteiger partial charge in [-0.25, -0.2) is 4.79 Å². The van der Waals surface area contributed by atoms with Crippen molar-refractivity contribution in [2.75, 3.05) is 13.2 Å². The third-order valence-electron chi connectivity index (χ3n) is 2.79. The number of nitrogens with zero attached hydrogens (tertiary/aromatic N) is 1. The van der Waals surface area contributed by atoms with Crippen LogP contribution >= 0.6 is 35.6 Å². The molecule has 1 fully saturated rings. The number of thioether (sulfide) groups is 1. The van der Waals surface area contributed by atoms with Crippen LogP contribution in [0.5, 0.6) is 5.75 Å². The molecule has 1 amide bonds. The highest BCUT2D eigenvalue weighted by Gasteiger charge is 2.30. The van der Waals surface area contributed by atoms with Crippen LogP contribution in [0, 0.1) is 0 Å². The Morgan fingerprint density at radius 3 is 2.82 bits per heavy atom. The number of thiocarbonyl (C=S) groups is 1. The van der Waals surface area contributed by atoms with Gasteiger partial charge in [0.2, 0.25) is 0 Å². The Morgan fingerprint density at radius 1 is 1.55 bits per heavy atom. The molecule has 0 bridgehead atoms. The highest BCUT2D eigenvalue weighted by molar-refractivity contribution is 8.26. The highest BCUT2D eigenvalue weighted by Crippen LogP contribution is 2.33. The largest absolute Gasteiger partial charge is 0.480 e. The molecule has 0 aliphatic carbocycles. The van der Waals surface area contributed by atoms with Gasteiger partial charge >= 0.3 is 5.97 Å². The van der Waals surface area contributed by atoms with Crippen LogP contribution in [0.15, 0.2) is 23.1 Å². The maximum atomic E-state index is 12.1. The van der Waals surface area contributed by atoms with Crippen molar-refractivity contribution in [3.05, 3.63) is 33.7 Å². The number of aliphatic carboxylic acids is 1. The lowest BCUT2D eigenvalue weighted by atomic mass is 10.2. The smallest absolute Gasteiger partial charge is 0.341 e. The first-order chi connectivity index (χ1) is 10.4. The van der Waals surface area contributed by atoms with E-state index in [-0.39, 0.29) is 16.7 Å². The standard InChI is InChI=1S/C14H12ClNO4S2/c1-2-16-13(19)11(22-14(16)21)6-8-3-4-10(9(15)5-8)20-7-12(17)18/h3-6H,2,7H2,1H3,(H,17,18)/b11-6-. The SMILES string of the molecule is CCN1C(=O)/C(=C/c2ccc(OCC(=O)O)c(Cl)c2)SC1=S. The second-order valence-electron chi connectivity index (χ2n) is 4.30. The molecule has 1 N–H and O–H groups in total. The summed E-state index contributed by atoms with van der Waals surface area (Å²) in [6.45, 7) is 1.93. The highest BCUT2D eigenvalue weighted by atomic mass is 35.5. The number of likely N-dealkylation sites (N-methyl/N-ethyl adjacent to an activating group) is 1. The van der Waals surface area contributed by atoms with Crippen molar-refractivity contribution in [1.82, 2.24) is 4.90 Å². The number of rotatable bonds is 5. The summed E-state index contributed by atoms with van der Waals surface area (Å²) < 4.78 is 5.58. The maximum absolute atomic E-state index is 12.1. The summed E-state index contributed by atoms with van der Waals surface area (Å²) >= 11 is 12.4. The van der Waals surface area contributed by atoms with Crippen molar-refractivity contribution < 1.29 is 19.4 Å². The van der Waals surface area contributed by atoms with Crippen LogP contribution in [0.3, 0.4) is 0 Å². The maximum Gasteiger partial charge on any atom is 0.341 e. The van der Waals surface area contributed by atoms with Gasteiger partial charge in [-0.2, -0.15) is 0 Å². The Bertz CT molecular complexity index is 675. The second-order valence-corrected chi connectivity index (χ2v) is 6.38. The predicted molar refractivity (Wildman–Crippen MR) is 90.1 cm³/mol. The third-order valence-corrected chi connectivity index (χ3v) is 4.47. The van der Waals surface area contributed by atoms with E-state index in [0.717, 1.165) is 0 Å². The van der Waals surface area contributed by atoms with E-state index >= 15 is 0 Å². The monoisotopic (exact) mass is 357 g/mol. The zero-order valence-electron chi connectivity index (χ0n) is 11.5. The predicted octanol–water partition coefficient (Wildman–Crippen LogP) is 3.02. The van der Waals surface area contributed by atoms with Gasteiger partial charge in [0.25, 0.3) is 5.91 Å². The summed E-state index contributed by atoms with van der Waals surface area (Å²) in [7, 11) is 0. The van der Waals surface area contributed by atoms with Crippen LogP contribution in [-0.4, -0.2) is 39.4 Å². The summed E-state index contributed by atoms with van der Waals surface area (Å²) in [6, 6.07) is 4.87. The van der Waals surface area contributed by atoms with Gasteiger partial charge in [0.05, 0.1) is 9.93 Å². The Kier molecular flexibility index (Phi) is 5.44. The molecule has 1 aromatic rings. The molecule has 116 valence electrons. The lowest BCUT2D eigenvalue weighted by Gasteiger charge is -2.09. The quantitative estimate of drug-likeness (QED) is 0.645. The van der Waals surface area contributed by atoms with Crippen LogP contribution in [0.25, 0.3) is 6.08 Å². The van der Waals surface area contributed by atoms with E-state index in [1.807, 2.05) is 6.92 Å². The van der Waals surface area contributed by atoms with Gasteiger partial charge in [-0.3, -0.25) is 9.69 Å². The molecule has 1 heterocycles. The van der Waals surface area contributed by atoms with Crippen LogP contribution in [0.2, 0.25) is 5.02 Å². The lowest BCUT2D eigenvalue weighted by molar-refractivity contribution is -0.139. The lowest BCUT2D eigenvalue weighted by Crippen LogP contribution is -2.27. The number of carbonyl (C=O) groups is 2. The number of ether oxygens (including phenoxy) is 1. The van der Waals surface area contributed by atoms with Crippen molar-refractivity contribution in [2.45, 2.75) is 6.92 Å². The molecule has 0 radical (unpaired) electrons. The van der Waals surface area contributed by atoms with Gasteiger partial charge in [0.15, 0.2) is 6.61 Å². The van der Waals surface area contributed by atoms with E-state index in [0.29, 0.717) is 21.3 Å². The van der Waals surface area contributed by atoms with Crippen LogP contribution < -0.4 is 4.74 Å². The average Bonchev–Trinajstić information content (AvgIpc) is 2.72. The topological polar surface area (TPSA) is 66.8 Å². The summed E-state index contributed by atoms with van der Waals surface area (Å²) in [5, 5.41) is 8.86. The van der Waals surface area contributed by atoms with E-state index in [1.165, 1.54) is 16.7 Å².